The third kappa shape index (κ3) is 3.60. The Bertz CT molecular complexity index is 1160. The van der Waals surface area contributed by atoms with Gasteiger partial charge in [-0.15, -0.1) is 0 Å². The van der Waals surface area contributed by atoms with Gasteiger partial charge in [-0.2, -0.15) is 13.2 Å². The van der Waals surface area contributed by atoms with Crippen LogP contribution < -0.4 is 10.2 Å². The Morgan fingerprint density at radius 1 is 1.03 bits per heavy atom. The molecule has 0 atom stereocenters. The summed E-state index contributed by atoms with van der Waals surface area (Å²) in [6.07, 6.45) is -3.15. The molecule has 4 rings (SSSR count). The number of aryl methyl sites for hydroxylation is 1. The fraction of sp³-hybridized carbons (Fsp3) is 0.300. The third-order valence-corrected chi connectivity index (χ3v) is 6.96. The highest BCUT2D eigenvalue weighted by Gasteiger charge is 2.32. The van der Waals surface area contributed by atoms with E-state index in [-0.39, 0.29) is 9.79 Å². The van der Waals surface area contributed by atoms with Crippen LogP contribution in [0.25, 0.3) is 10.9 Å². The van der Waals surface area contributed by atoms with Crippen LogP contribution in [-0.4, -0.2) is 39.2 Å². The normalized spacial score (nSPS) is 15.8. The lowest BCUT2D eigenvalue weighted by Gasteiger charge is -2.29. The van der Waals surface area contributed by atoms with Gasteiger partial charge in [0.1, 0.15) is 0 Å². The molecule has 1 aliphatic heterocycles. The highest BCUT2D eigenvalue weighted by molar-refractivity contribution is 7.91. The first kappa shape index (κ1) is 19.8. The molecule has 0 unspecified atom stereocenters. The van der Waals surface area contributed by atoms with Crippen molar-refractivity contribution in [2.24, 2.45) is 7.05 Å². The van der Waals surface area contributed by atoms with Gasteiger partial charge in [0.2, 0.25) is 9.84 Å². The van der Waals surface area contributed by atoms with Gasteiger partial charge in [-0.3, -0.25) is 0 Å². The van der Waals surface area contributed by atoms with E-state index in [0.717, 1.165) is 44.0 Å². The van der Waals surface area contributed by atoms with Crippen LogP contribution in [0.3, 0.4) is 0 Å². The van der Waals surface area contributed by atoms with Crippen LogP contribution in [0.5, 0.6) is 0 Å². The maximum atomic E-state index is 13.2. The predicted octanol–water partition coefficient (Wildman–Crippen LogP) is 3.44. The maximum Gasteiger partial charge on any atom is 0.416 e. The SMILES string of the molecule is Cn1cc(S(=O)(=O)c2cccc(C(F)(F)F)c2)c2cc(N3CCNCC3)ccc21. The van der Waals surface area contributed by atoms with Crippen molar-refractivity contribution < 1.29 is 21.6 Å². The van der Waals surface area contributed by atoms with E-state index < -0.39 is 21.6 Å². The van der Waals surface area contributed by atoms with Gasteiger partial charge in [0, 0.05) is 56.0 Å². The minimum absolute atomic E-state index is 0.00584. The molecule has 1 saturated heterocycles. The summed E-state index contributed by atoms with van der Waals surface area (Å²) >= 11 is 0. The first-order chi connectivity index (χ1) is 13.7. The summed E-state index contributed by atoms with van der Waals surface area (Å²) in [6.45, 7) is 3.27. The minimum Gasteiger partial charge on any atom is -0.369 e. The monoisotopic (exact) mass is 423 g/mol. The van der Waals surface area contributed by atoms with Gasteiger partial charge in [0.25, 0.3) is 0 Å². The van der Waals surface area contributed by atoms with E-state index in [0.29, 0.717) is 17.0 Å². The summed E-state index contributed by atoms with van der Waals surface area (Å²) in [6, 6.07) is 9.46. The van der Waals surface area contributed by atoms with Gasteiger partial charge in [-0.1, -0.05) is 6.07 Å². The van der Waals surface area contributed by atoms with Crippen molar-refractivity contribution in [2.45, 2.75) is 16.0 Å². The Morgan fingerprint density at radius 2 is 1.76 bits per heavy atom. The van der Waals surface area contributed by atoms with Crippen molar-refractivity contribution in [1.82, 2.24) is 9.88 Å². The fourth-order valence-electron chi connectivity index (χ4n) is 3.64. The average Bonchev–Trinajstić information content (AvgIpc) is 3.05. The van der Waals surface area contributed by atoms with Gasteiger partial charge in [0.15, 0.2) is 0 Å². The predicted molar refractivity (Wildman–Crippen MR) is 105 cm³/mol. The molecule has 0 bridgehead atoms. The van der Waals surface area contributed by atoms with Crippen molar-refractivity contribution in [3.05, 3.63) is 54.2 Å². The molecule has 1 fully saturated rings. The smallest absolute Gasteiger partial charge is 0.369 e. The number of alkyl halides is 3. The largest absolute Gasteiger partial charge is 0.416 e. The van der Waals surface area contributed by atoms with Crippen LogP contribution in [0.1, 0.15) is 5.56 Å². The van der Waals surface area contributed by atoms with Crippen LogP contribution >= 0.6 is 0 Å². The Hall–Kier alpha value is -2.52. The molecule has 9 heteroatoms. The molecule has 0 radical (unpaired) electrons. The molecule has 1 N–H and O–H groups in total. The molecule has 0 spiro atoms. The maximum absolute atomic E-state index is 13.2. The summed E-state index contributed by atoms with van der Waals surface area (Å²) in [5, 5.41) is 3.77. The fourth-order valence-corrected chi connectivity index (χ4v) is 5.19. The number of nitrogens with zero attached hydrogens (tertiary/aromatic N) is 2. The standard InChI is InChI=1S/C20H20F3N3O2S/c1-25-13-19(29(27,28)16-4-2-3-14(11-16)20(21,22)23)17-12-15(5-6-18(17)25)26-9-7-24-8-10-26/h2-6,11-13,24H,7-10H2,1H3. The van der Waals surface area contributed by atoms with Crippen molar-refractivity contribution in [3.63, 3.8) is 0 Å². The van der Waals surface area contributed by atoms with E-state index in [4.69, 9.17) is 0 Å². The minimum atomic E-state index is -4.61. The second-order valence-electron chi connectivity index (χ2n) is 7.07. The van der Waals surface area contributed by atoms with E-state index in [1.807, 2.05) is 12.1 Å². The summed E-state index contributed by atoms with van der Waals surface area (Å²) in [5.41, 5.74) is 0.612. The number of fused-ring (bicyclic) bond motifs is 1. The lowest BCUT2D eigenvalue weighted by Crippen LogP contribution is -2.43. The zero-order valence-corrected chi connectivity index (χ0v) is 16.5. The van der Waals surface area contributed by atoms with E-state index in [9.17, 15) is 21.6 Å². The molecule has 3 aromatic rings. The molecular weight excluding hydrogens is 403 g/mol. The van der Waals surface area contributed by atoms with Crippen LogP contribution in [0, 0.1) is 0 Å². The lowest BCUT2D eigenvalue weighted by molar-refractivity contribution is -0.137. The number of halogens is 3. The molecule has 0 aliphatic carbocycles. The molecule has 2 aromatic carbocycles. The van der Waals surface area contributed by atoms with Gasteiger partial charge >= 0.3 is 6.18 Å². The zero-order chi connectivity index (χ0) is 20.8. The summed E-state index contributed by atoms with van der Waals surface area (Å²) in [7, 11) is -2.41. The molecule has 0 saturated carbocycles. The third-order valence-electron chi connectivity index (χ3n) is 5.18. The van der Waals surface area contributed by atoms with E-state index in [1.54, 1.807) is 17.7 Å². The number of rotatable bonds is 3. The number of hydrogen-bond donors (Lipinski definition) is 1. The Morgan fingerprint density at radius 3 is 2.45 bits per heavy atom. The topological polar surface area (TPSA) is 54.3 Å². The number of benzene rings is 2. The zero-order valence-electron chi connectivity index (χ0n) is 15.7. The summed E-state index contributed by atoms with van der Waals surface area (Å²) in [5.74, 6) is 0. The lowest BCUT2D eigenvalue weighted by atomic mass is 10.2. The molecule has 2 heterocycles. The van der Waals surface area contributed by atoms with E-state index in [2.05, 4.69) is 10.2 Å². The van der Waals surface area contributed by atoms with Crippen LogP contribution in [0.2, 0.25) is 0 Å². The van der Waals surface area contributed by atoms with Crippen LogP contribution in [-0.2, 0) is 23.1 Å². The van der Waals surface area contributed by atoms with Crippen molar-refractivity contribution in [2.75, 3.05) is 31.1 Å². The van der Waals surface area contributed by atoms with E-state index in [1.165, 1.54) is 12.3 Å². The highest BCUT2D eigenvalue weighted by Crippen LogP contribution is 2.35. The number of nitrogens with one attached hydrogen (secondary N) is 1. The molecule has 1 aromatic heterocycles. The number of anilines is 1. The van der Waals surface area contributed by atoms with Gasteiger partial charge in [-0.05, 0) is 36.4 Å². The number of sulfone groups is 1. The number of hydrogen-bond acceptors (Lipinski definition) is 4. The van der Waals surface area contributed by atoms with Gasteiger partial charge < -0.3 is 14.8 Å². The van der Waals surface area contributed by atoms with Crippen molar-refractivity contribution in [1.29, 1.82) is 0 Å². The number of piperazine rings is 1. The van der Waals surface area contributed by atoms with Crippen molar-refractivity contribution in [3.8, 4) is 0 Å². The molecule has 0 amide bonds. The second kappa shape index (κ2) is 7.07. The van der Waals surface area contributed by atoms with E-state index >= 15 is 0 Å². The van der Waals surface area contributed by atoms with Gasteiger partial charge in [0.05, 0.1) is 15.4 Å². The molecule has 29 heavy (non-hydrogen) atoms. The molecular formula is C20H20F3N3O2S. The Balaban J connectivity index is 1.84. The van der Waals surface area contributed by atoms with Crippen LogP contribution in [0.4, 0.5) is 18.9 Å². The highest BCUT2D eigenvalue weighted by atomic mass is 32.2. The first-order valence-corrected chi connectivity index (χ1v) is 10.6. The Kier molecular flexibility index (Phi) is 4.82. The molecule has 154 valence electrons. The van der Waals surface area contributed by atoms with Gasteiger partial charge in [-0.25, -0.2) is 8.42 Å². The molecule has 5 nitrogen and oxygen atoms in total. The summed E-state index contributed by atoms with van der Waals surface area (Å²) < 4.78 is 67.3. The Labute approximate surface area is 166 Å². The summed E-state index contributed by atoms with van der Waals surface area (Å²) in [4.78, 5) is 1.79. The average molecular weight is 423 g/mol. The van der Waals surface area contributed by atoms with Crippen molar-refractivity contribution >= 4 is 26.4 Å². The second-order valence-corrected chi connectivity index (χ2v) is 8.99. The molecule has 1 aliphatic rings. The quantitative estimate of drug-likeness (QED) is 0.701. The van der Waals surface area contributed by atoms with Crippen LogP contribution in [0.15, 0.2) is 58.5 Å². The number of aromatic nitrogens is 1. The first-order valence-electron chi connectivity index (χ1n) is 9.15.